The Morgan fingerprint density at radius 1 is 0.146 bits per heavy atom. The van der Waals surface area contributed by atoms with Crippen LogP contribution in [0.25, 0.3) is 264 Å². The Morgan fingerprint density at radius 2 is 0.389 bits per heavy atom. The molecule has 3 aliphatic carbocycles. The molecule has 3 aliphatic rings. The summed E-state index contributed by atoms with van der Waals surface area (Å²) in [6.07, 6.45) is 0. The van der Waals surface area contributed by atoms with Gasteiger partial charge in [0.1, 0.15) is 33.5 Å². The molecule has 0 aliphatic heterocycles. The molecule has 0 bridgehead atoms. The minimum atomic E-state index is -3.31. The van der Waals surface area contributed by atoms with Gasteiger partial charge in [-0.15, -0.1) is 0 Å². The summed E-state index contributed by atoms with van der Waals surface area (Å²) in [5, 5.41) is -11.0. The van der Waals surface area contributed by atoms with Gasteiger partial charge in [-0.25, -0.2) is 0 Å². The summed E-state index contributed by atoms with van der Waals surface area (Å²) in [4.78, 5) is 0. The van der Waals surface area contributed by atoms with Crippen LogP contribution in [0.5, 0.6) is 0 Å². The molecular weight excluding hydrogens is 1740 g/mol. The van der Waals surface area contributed by atoms with Crippen molar-refractivity contribution in [3.05, 3.63) is 505 Å². The predicted octanol–water partition coefficient (Wildman–Crippen LogP) is 39.6. The predicted molar refractivity (Wildman–Crippen MR) is 608 cm³/mol. The molecule has 3 heteroatoms. The van der Waals surface area contributed by atoms with Gasteiger partial charge in [0.2, 0.25) is 0 Å². The van der Waals surface area contributed by atoms with Gasteiger partial charge in [-0.2, -0.15) is 0 Å². The highest BCUT2D eigenvalue weighted by Crippen LogP contribution is 2.58. The summed E-state index contributed by atoms with van der Waals surface area (Å²) in [6.45, 7) is 3.83. The minimum absolute atomic E-state index is 0.0160. The van der Waals surface area contributed by atoms with Crippen molar-refractivity contribution in [2.24, 2.45) is 0 Å². The average molecular weight is 1920 g/mol. The Labute approximate surface area is 949 Å². The van der Waals surface area contributed by atoms with Crippen molar-refractivity contribution in [3.63, 3.8) is 0 Å². The van der Waals surface area contributed by atoms with E-state index >= 15 is 0 Å². The first-order chi connectivity index (χ1) is 104. The van der Waals surface area contributed by atoms with Crippen molar-refractivity contribution in [3.8, 4) is 134 Å². The number of hydrogen-bond donors (Lipinski definition) is 0. The number of rotatable bonds is 9. The molecule has 0 radical (unpaired) electrons. The van der Waals surface area contributed by atoms with Gasteiger partial charge in [0, 0.05) is 52.7 Å². The molecule has 30 rings (SSSR count). The summed E-state index contributed by atoms with van der Waals surface area (Å²) in [7, 11) is 0. The lowest BCUT2D eigenvalue weighted by atomic mass is 9.80. The van der Waals surface area contributed by atoms with Crippen LogP contribution in [-0.4, -0.2) is 0 Å². The SMILES string of the molecule is [2H]c1c([2H])c([2H])c2c(c1[2H])-c1c(-c3c4c([2H])c([2H])c([2H])c([2H])c4c(-c4c([2H])c([2H])c(-c5c([2H])c([2H])c6oc7c([2H])c([2H])c([2H])c([2H])c7c6c5[2H])c([2H])c4[2H])c4c([2H])c([2H])c([2H])c([2H])c34)c([2H])c([2H])c([2H])c1C2(C)C.[2H]c1c([2H])c([2H])c2c(c1[2H])-c1c([2H])c(-c3c4c([2H])c([2H])c([2H])c([2H])c4c(-c4c([2H])c([2H])c(-c5c([2H])c([2H])c6oc7c([2H])c([2H])c([2H])c([2H])c7c6c5[2H])c([2H])c4[2H])c4c([2H])c([2H])c([2H])c([2H])c34)c([2H])c([2H])c1C2(C)C.[2H]c1c([2H])c([2H])c2c(c1[2H])-c1c([2H])c([2H])c(-c3c4c([2H])c([2H])c([2H])c([2H])c4c(-c4c([2H])c([2H])c(-c5c([2H])c([2H])c6oc7c([2H])c([2H])c([2H])c([2H])c7c6c5[2H])c([2H])c4[2H])c4c([2H])c([2H])c([2H])c([2H])c34)c([2H])c1C2(C)C([2H])([2H])[2H]. The Hall–Kier alpha value is -17.8. The second-order valence-corrected chi connectivity index (χ2v) is 34.4. The lowest BCUT2D eigenvalue weighted by Crippen LogP contribution is -2.14. The maximum Gasteiger partial charge on any atom is 0.135 e. The van der Waals surface area contributed by atoms with Crippen molar-refractivity contribution < 1.29 is 124 Å². The fourth-order valence-electron chi connectivity index (χ4n) is 19.1. The summed E-state index contributed by atoms with van der Waals surface area (Å²) in [6, 6.07) is -67.8. The van der Waals surface area contributed by atoms with Gasteiger partial charge in [-0.1, -0.05) is 446 Å². The number of furan rings is 3. The largest absolute Gasteiger partial charge is 0.456 e. The summed E-state index contributed by atoms with van der Waals surface area (Å²) in [5.41, 5.74) is -25.4. The molecule has 24 aromatic carbocycles. The molecular formula is C141H96O3. The Bertz CT molecular complexity index is 15100. The van der Waals surface area contributed by atoms with E-state index < -0.39 is 736 Å². The van der Waals surface area contributed by atoms with Crippen LogP contribution in [0.15, 0.2) is 485 Å². The summed E-state index contributed by atoms with van der Waals surface area (Å²) < 4.78 is 751. The normalized spacial score (nSPS) is 22.0. The van der Waals surface area contributed by atoms with Gasteiger partial charge in [0.25, 0.3) is 0 Å². The Balaban J connectivity index is 0.000000146. The first kappa shape index (κ1) is 36.1. The fraction of sp³-hybridized carbons (Fsp3) is 0.0638. The topological polar surface area (TPSA) is 39.4 Å². The summed E-state index contributed by atoms with van der Waals surface area (Å²) >= 11 is 0. The van der Waals surface area contributed by atoms with E-state index in [0.29, 0.717) is 0 Å². The number of benzene rings is 24. The van der Waals surface area contributed by atoms with Crippen LogP contribution in [-0.2, 0) is 16.2 Å². The third-order valence-corrected chi connectivity index (χ3v) is 25.7. The molecule has 0 saturated carbocycles. The highest BCUT2D eigenvalue weighted by Gasteiger charge is 2.40. The molecule has 0 N–H and O–H groups in total. The van der Waals surface area contributed by atoms with E-state index in [2.05, 4.69) is 0 Å². The third-order valence-electron chi connectivity index (χ3n) is 25.7. The van der Waals surface area contributed by atoms with Crippen LogP contribution in [0.3, 0.4) is 0 Å². The number of fused-ring (bicyclic) bond motifs is 24. The molecule has 678 valence electrons. The van der Waals surface area contributed by atoms with E-state index in [9.17, 15) is 49.3 Å². The third kappa shape index (κ3) is 13.1. The molecule has 0 saturated heterocycles. The Kier molecular flexibility index (Phi) is 8.19. The summed E-state index contributed by atoms with van der Waals surface area (Å²) in [5.74, 6) is 0. The van der Waals surface area contributed by atoms with Gasteiger partial charge in [0.05, 0.1) is 107 Å². The molecule has 3 nitrogen and oxygen atoms in total. The first-order valence-electron chi connectivity index (χ1n) is 84.2. The van der Waals surface area contributed by atoms with E-state index in [4.69, 9.17) is 74.9 Å². The van der Waals surface area contributed by atoms with Gasteiger partial charge >= 0.3 is 0 Å². The quantitative estimate of drug-likeness (QED) is 0.135. The molecule has 0 amide bonds. The lowest BCUT2D eigenvalue weighted by Gasteiger charge is -2.23. The number of para-hydroxylation sites is 3. The minimum Gasteiger partial charge on any atom is -0.456 e. The van der Waals surface area contributed by atoms with Gasteiger partial charge < -0.3 is 13.3 Å². The maximum atomic E-state index is 9.93. The number of hydrogen-bond acceptors (Lipinski definition) is 3. The molecule has 0 spiro atoms. The van der Waals surface area contributed by atoms with Gasteiger partial charge in [0.15, 0.2) is 0 Å². The van der Waals surface area contributed by atoms with E-state index in [1.807, 2.05) is 0 Å². The van der Waals surface area contributed by atoms with E-state index in [1.54, 1.807) is 0 Å². The maximum absolute atomic E-state index is 9.93. The molecule has 3 heterocycles. The highest BCUT2D eigenvalue weighted by atomic mass is 16.3. The lowest BCUT2D eigenvalue weighted by molar-refractivity contribution is 0.660. The zero-order chi connectivity index (χ0) is 166. The van der Waals surface area contributed by atoms with Crippen LogP contribution >= 0.6 is 0 Å². The van der Waals surface area contributed by atoms with Gasteiger partial charge in [-0.05, 0) is 298 Å². The van der Waals surface area contributed by atoms with Crippen molar-refractivity contribution in [1.82, 2.24) is 0 Å². The standard InChI is InChI=1S/3C47H32O/c1-47(2)40-19-9-7-17-37(40)46-38(18-11-20-41(46)47)45-35-15-5-3-13-33(35)44(34-14-4-6-16-36(34)45)30-24-22-29(23-25-30)31-26-27-43-39(28-31)32-12-8-10-21-42(32)48-43;1-47(2)41-17-9-7-11-33(41)34-25-23-32(28-42(34)47)46-38-15-5-3-13-36(38)45(37-14-4-6-16-39(37)46)30-21-19-29(20-22-30)31-24-26-44-40(27-31)35-12-8-10-18-43(35)48-44;1-47(2)41-17-9-7-11-33(41)39-28-32(23-25-42(39)47)46-37-15-5-3-13-35(37)45(36-14-4-6-16-38(36)46)30-21-19-29(20-22-30)31-24-26-44-40(27-31)34-12-8-10-18-43(34)48-44/h3*3-28H,1-2H3/i3D,4D,5D,6D,7D,8D,9D,10D,11D,12D,13D,14D,15D,16D,17D,18D,19D,20D,21D,22D,23D,24D,25D,26D,27D,28D;1D3,3D,4D,5D,6D,7D,8D,9D,10D,11D,12D,13D,14D,15D,16D,17D,18D,19D,20D,21D,22D,23D,24D,25D,26D,27D,28D;3D,4D,5D,6D,7D,8D,9D,10D,11D,12D,13D,14D,15D,16D,17D,18D,19D,20D,21D,22D,23D,24D,25D,26D,27D,28D. The molecule has 3 aromatic heterocycles. The van der Waals surface area contributed by atoms with Crippen LogP contribution in [0.1, 0.15) is 186 Å². The van der Waals surface area contributed by atoms with E-state index in [-0.39, 0.29) is 55.3 Å². The monoisotopic (exact) mass is 1920 g/mol. The first-order valence-corrected chi connectivity index (χ1v) is 43.7. The zero-order valence-corrected chi connectivity index (χ0v) is 74.2. The molecule has 144 heavy (non-hydrogen) atoms. The van der Waals surface area contributed by atoms with E-state index in [1.165, 1.54) is 27.7 Å². The van der Waals surface area contributed by atoms with Crippen LogP contribution in [0.2, 0.25) is 0 Å². The van der Waals surface area contributed by atoms with Gasteiger partial charge in [-0.3, -0.25) is 0 Å². The fourth-order valence-corrected chi connectivity index (χ4v) is 19.1. The van der Waals surface area contributed by atoms with Crippen molar-refractivity contribution in [1.29, 1.82) is 0 Å². The molecule has 0 fully saturated rings. The van der Waals surface area contributed by atoms with Crippen molar-refractivity contribution >= 4 is 130 Å². The van der Waals surface area contributed by atoms with Crippen LogP contribution in [0, 0.1) is 0 Å². The highest BCUT2D eigenvalue weighted by molar-refractivity contribution is 6.26. The second-order valence-electron chi connectivity index (χ2n) is 34.4. The Morgan fingerprint density at radius 3 is 0.771 bits per heavy atom. The van der Waals surface area contributed by atoms with Crippen molar-refractivity contribution in [2.45, 2.75) is 57.7 Å². The zero-order valence-electron chi connectivity index (χ0n) is 155. The smallest absolute Gasteiger partial charge is 0.135 e. The van der Waals surface area contributed by atoms with E-state index in [0.717, 1.165) is 6.92 Å². The molecule has 1 unspecified atom stereocenters. The second kappa shape index (κ2) is 32.7. The molecule has 27 aromatic rings. The van der Waals surface area contributed by atoms with Crippen molar-refractivity contribution in [2.75, 3.05) is 0 Å². The van der Waals surface area contributed by atoms with Crippen LogP contribution in [0.4, 0.5) is 0 Å². The molecule has 1 atom stereocenters. The van der Waals surface area contributed by atoms with Crippen LogP contribution < -0.4 is 0 Å². The average Bonchev–Trinajstić information content (AvgIpc) is 1.52.